The van der Waals surface area contributed by atoms with Crippen LogP contribution in [0.15, 0.2) is 54.6 Å². The van der Waals surface area contributed by atoms with E-state index in [4.69, 9.17) is 0 Å². The highest BCUT2D eigenvalue weighted by atomic mass is 16.1. The van der Waals surface area contributed by atoms with Gasteiger partial charge in [-0.1, -0.05) is 56.3 Å². The lowest BCUT2D eigenvalue weighted by Crippen LogP contribution is -2.19. The van der Waals surface area contributed by atoms with Crippen molar-refractivity contribution in [3.8, 4) is 11.3 Å². The summed E-state index contributed by atoms with van der Waals surface area (Å²) in [5.74, 6) is 0.602. The Hall–Kier alpha value is -2.52. The zero-order valence-electron chi connectivity index (χ0n) is 14.1. The maximum Gasteiger partial charge on any atom is 0.168 e. The summed E-state index contributed by atoms with van der Waals surface area (Å²) in [6, 6.07) is 18.2. The number of fused-ring (bicyclic) bond motifs is 1. The van der Waals surface area contributed by atoms with Crippen molar-refractivity contribution in [1.29, 1.82) is 0 Å². The van der Waals surface area contributed by atoms with Gasteiger partial charge in [0.2, 0.25) is 0 Å². The van der Waals surface area contributed by atoms with Crippen LogP contribution in [-0.4, -0.2) is 17.8 Å². The third kappa shape index (κ3) is 3.52. The zero-order valence-corrected chi connectivity index (χ0v) is 14.1. The first-order chi connectivity index (χ1) is 11.7. The van der Waals surface area contributed by atoms with Crippen LogP contribution < -0.4 is 5.32 Å². The first kappa shape index (κ1) is 16.3. The summed E-state index contributed by atoms with van der Waals surface area (Å²) in [5.41, 5.74) is 3.61. The Morgan fingerprint density at radius 2 is 1.88 bits per heavy atom. The summed E-state index contributed by atoms with van der Waals surface area (Å²) in [4.78, 5) is 15.6. The van der Waals surface area contributed by atoms with Gasteiger partial charge in [0, 0.05) is 12.1 Å². The molecule has 0 saturated carbocycles. The van der Waals surface area contributed by atoms with Crippen molar-refractivity contribution in [3.63, 3.8) is 0 Å². The van der Waals surface area contributed by atoms with Crippen molar-refractivity contribution >= 4 is 17.1 Å². The molecule has 0 aliphatic rings. The number of aromatic nitrogens is 1. The number of nitrogens with zero attached hydrogens (tertiary/aromatic N) is 1. The highest BCUT2D eigenvalue weighted by molar-refractivity contribution is 5.97. The Morgan fingerprint density at radius 3 is 2.67 bits per heavy atom. The van der Waals surface area contributed by atoms with Crippen molar-refractivity contribution in [2.45, 2.75) is 20.4 Å². The van der Waals surface area contributed by atoms with E-state index in [1.165, 1.54) is 10.9 Å². The number of hydrogen-bond acceptors (Lipinski definition) is 3. The second-order valence-corrected chi connectivity index (χ2v) is 6.41. The van der Waals surface area contributed by atoms with Gasteiger partial charge in [-0.2, -0.15) is 0 Å². The van der Waals surface area contributed by atoms with Gasteiger partial charge in [0.15, 0.2) is 6.29 Å². The van der Waals surface area contributed by atoms with E-state index < -0.39 is 0 Å². The molecular weight excluding hydrogens is 296 g/mol. The highest BCUT2D eigenvalue weighted by Gasteiger charge is 2.11. The lowest BCUT2D eigenvalue weighted by Gasteiger charge is -2.15. The smallest absolute Gasteiger partial charge is 0.168 e. The number of carbonyl (C=O) groups excluding carboxylic acids is 1. The number of aldehydes is 1. The molecule has 3 rings (SSSR count). The van der Waals surface area contributed by atoms with Crippen molar-refractivity contribution in [2.24, 2.45) is 5.92 Å². The van der Waals surface area contributed by atoms with Gasteiger partial charge in [-0.3, -0.25) is 4.79 Å². The number of rotatable bonds is 6. The fraction of sp³-hybridized carbons (Fsp3) is 0.238. The lowest BCUT2D eigenvalue weighted by molar-refractivity contribution is 0.111. The Kier molecular flexibility index (Phi) is 5.02. The molecule has 3 aromatic rings. The molecule has 1 N–H and O–H groups in total. The molecule has 122 valence electrons. The van der Waals surface area contributed by atoms with Gasteiger partial charge >= 0.3 is 0 Å². The van der Waals surface area contributed by atoms with Gasteiger partial charge in [0.25, 0.3) is 0 Å². The number of benzene rings is 2. The third-order valence-electron chi connectivity index (χ3n) is 4.03. The molecular formula is C21H22N2O. The van der Waals surface area contributed by atoms with Gasteiger partial charge in [-0.25, -0.2) is 4.98 Å². The van der Waals surface area contributed by atoms with Crippen molar-refractivity contribution < 1.29 is 4.79 Å². The van der Waals surface area contributed by atoms with Crippen molar-refractivity contribution in [2.75, 3.05) is 6.54 Å². The maximum atomic E-state index is 11.1. The fourth-order valence-electron chi connectivity index (χ4n) is 2.92. The molecule has 0 fully saturated rings. The van der Waals surface area contributed by atoms with Crippen LogP contribution in [0.5, 0.6) is 0 Å². The van der Waals surface area contributed by atoms with Crippen LogP contribution >= 0.6 is 0 Å². The van der Waals surface area contributed by atoms with E-state index in [0.717, 1.165) is 36.0 Å². The van der Waals surface area contributed by atoms with Crippen LogP contribution in [0.1, 0.15) is 29.9 Å². The Balaban J connectivity index is 2.11. The molecule has 24 heavy (non-hydrogen) atoms. The topological polar surface area (TPSA) is 42.0 Å². The molecule has 0 aliphatic heterocycles. The van der Waals surface area contributed by atoms with E-state index in [9.17, 15) is 4.79 Å². The maximum absolute atomic E-state index is 11.1. The minimum Gasteiger partial charge on any atom is -0.312 e. The van der Waals surface area contributed by atoms with E-state index in [1.807, 2.05) is 24.3 Å². The van der Waals surface area contributed by atoms with Crippen LogP contribution in [0.3, 0.4) is 0 Å². The molecule has 0 aliphatic carbocycles. The van der Waals surface area contributed by atoms with Crippen LogP contribution in [0.2, 0.25) is 0 Å². The Bertz CT molecular complexity index is 855. The van der Waals surface area contributed by atoms with Gasteiger partial charge in [0.1, 0.15) is 5.69 Å². The first-order valence-electron chi connectivity index (χ1n) is 8.33. The molecule has 1 aromatic heterocycles. The van der Waals surface area contributed by atoms with Crippen LogP contribution in [0.4, 0.5) is 0 Å². The largest absolute Gasteiger partial charge is 0.312 e. The van der Waals surface area contributed by atoms with Gasteiger partial charge < -0.3 is 5.32 Å². The molecule has 0 bridgehead atoms. The van der Waals surface area contributed by atoms with Crippen LogP contribution in [0.25, 0.3) is 22.0 Å². The van der Waals surface area contributed by atoms with E-state index in [0.29, 0.717) is 11.6 Å². The Labute approximate surface area is 142 Å². The number of carbonyl (C=O) groups is 1. The molecule has 3 nitrogen and oxygen atoms in total. The Morgan fingerprint density at radius 1 is 1.04 bits per heavy atom. The molecule has 2 aromatic carbocycles. The summed E-state index contributed by atoms with van der Waals surface area (Å²) in [5, 5.41) is 5.85. The lowest BCUT2D eigenvalue weighted by atomic mass is 9.95. The van der Waals surface area contributed by atoms with Crippen LogP contribution in [0, 0.1) is 5.92 Å². The van der Waals surface area contributed by atoms with Crippen molar-refractivity contribution in [1.82, 2.24) is 10.3 Å². The molecule has 3 heteroatoms. The molecule has 0 atom stereocenters. The predicted octanol–water partition coefficient (Wildman–Crippen LogP) is 4.46. The summed E-state index contributed by atoms with van der Waals surface area (Å²) in [6.07, 6.45) is 0.797. The zero-order chi connectivity index (χ0) is 16.9. The van der Waals surface area contributed by atoms with Gasteiger partial charge in [-0.05, 0) is 40.9 Å². The summed E-state index contributed by atoms with van der Waals surface area (Å²) < 4.78 is 0. The van der Waals surface area contributed by atoms with E-state index in [1.54, 1.807) is 6.07 Å². The minimum absolute atomic E-state index is 0.460. The highest BCUT2D eigenvalue weighted by Crippen LogP contribution is 2.31. The number of nitrogens with one attached hydrogen (secondary N) is 1. The normalized spacial score (nSPS) is 11.1. The third-order valence-corrected chi connectivity index (χ3v) is 4.03. The number of pyridine rings is 1. The van der Waals surface area contributed by atoms with Crippen molar-refractivity contribution in [3.05, 3.63) is 65.9 Å². The standard InChI is InChI=1S/C21H22N2O/c1-15(2)12-22-13-17-11-10-16-6-3-4-8-19(16)21(17)20-9-5-7-18(14-24)23-20/h3-11,14-15,22H,12-13H2,1-2H3. The average molecular weight is 318 g/mol. The summed E-state index contributed by atoms with van der Waals surface area (Å²) in [7, 11) is 0. The predicted molar refractivity (Wildman–Crippen MR) is 99.1 cm³/mol. The molecule has 0 unspecified atom stereocenters. The van der Waals surface area contributed by atoms with Gasteiger partial charge in [0.05, 0.1) is 5.69 Å². The monoisotopic (exact) mass is 318 g/mol. The summed E-state index contributed by atoms with van der Waals surface area (Å²) in [6.45, 7) is 6.15. The first-order valence-corrected chi connectivity index (χ1v) is 8.33. The van der Waals surface area contributed by atoms with E-state index >= 15 is 0 Å². The number of hydrogen-bond donors (Lipinski definition) is 1. The molecule has 0 spiro atoms. The fourth-order valence-corrected chi connectivity index (χ4v) is 2.92. The second-order valence-electron chi connectivity index (χ2n) is 6.41. The minimum atomic E-state index is 0.460. The molecule has 0 radical (unpaired) electrons. The molecule has 0 saturated heterocycles. The van der Waals surface area contributed by atoms with E-state index in [2.05, 4.69) is 48.4 Å². The molecule has 1 heterocycles. The average Bonchev–Trinajstić information content (AvgIpc) is 2.61. The quantitative estimate of drug-likeness (QED) is 0.682. The van der Waals surface area contributed by atoms with E-state index in [-0.39, 0.29) is 0 Å². The molecule has 0 amide bonds. The summed E-state index contributed by atoms with van der Waals surface area (Å²) >= 11 is 0. The second kappa shape index (κ2) is 7.37. The van der Waals surface area contributed by atoms with Gasteiger partial charge in [-0.15, -0.1) is 0 Å². The van der Waals surface area contributed by atoms with Crippen LogP contribution in [-0.2, 0) is 6.54 Å². The SMILES string of the molecule is CC(C)CNCc1ccc2ccccc2c1-c1cccc(C=O)n1.